The first kappa shape index (κ1) is 16.0. The highest BCUT2D eigenvalue weighted by Crippen LogP contribution is 2.36. The van der Waals surface area contributed by atoms with Gasteiger partial charge in [0.15, 0.2) is 0 Å². The monoisotopic (exact) mass is 366 g/mol. The van der Waals surface area contributed by atoms with E-state index in [1.54, 1.807) is 0 Å². The fraction of sp³-hybridized carbons (Fsp3) is 0.400. The summed E-state index contributed by atoms with van der Waals surface area (Å²) in [6.45, 7) is 0.947. The molecule has 0 spiro atoms. The van der Waals surface area contributed by atoms with Gasteiger partial charge >= 0.3 is 0 Å². The first-order chi connectivity index (χ1) is 12.8. The van der Waals surface area contributed by atoms with Gasteiger partial charge in [-0.2, -0.15) is 4.37 Å². The number of H-pyrrole nitrogens is 1. The Morgan fingerprint density at radius 1 is 1.23 bits per heavy atom. The summed E-state index contributed by atoms with van der Waals surface area (Å²) in [5.74, 6) is 0.0406. The molecule has 3 aromatic rings. The number of rotatable bonds is 4. The molecule has 2 fully saturated rings. The van der Waals surface area contributed by atoms with Gasteiger partial charge in [0.05, 0.1) is 5.69 Å². The quantitative estimate of drug-likeness (QED) is 0.742. The first-order valence-electron chi connectivity index (χ1n) is 9.29. The van der Waals surface area contributed by atoms with Gasteiger partial charge in [0.25, 0.3) is 5.91 Å². The molecule has 6 heteroatoms. The summed E-state index contributed by atoms with van der Waals surface area (Å²) in [7, 11) is 0. The van der Waals surface area contributed by atoms with E-state index in [0.717, 1.165) is 35.9 Å². The van der Waals surface area contributed by atoms with Gasteiger partial charge < -0.3 is 10.3 Å². The second-order valence-corrected chi connectivity index (χ2v) is 8.14. The SMILES string of the molecule is O=C(N[C@@H]1C[C@H]2CC[C@@H](C1)N2Cc1ccsn1)c1ccc2cc[nH]c2c1. The molecule has 1 amide bonds. The minimum atomic E-state index is 0.0406. The Hall–Kier alpha value is -2.18. The maximum atomic E-state index is 12.7. The maximum Gasteiger partial charge on any atom is 0.251 e. The van der Waals surface area contributed by atoms with Crippen molar-refractivity contribution in [1.82, 2.24) is 19.6 Å². The summed E-state index contributed by atoms with van der Waals surface area (Å²) in [5, 5.41) is 6.46. The summed E-state index contributed by atoms with van der Waals surface area (Å²) in [5.41, 5.74) is 2.92. The van der Waals surface area contributed by atoms with E-state index in [9.17, 15) is 4.79 Å². The van der Waals surface area contributed by atoms with Crippen LogP contribution in [0.4, 0.5) is 0 Å². The standard InChI is InChI=1S/C20H22N4OS/c25-20(14-2-1-13-5-7-21-19(13)9-14)22-16-10-17-3-4-18(11-16)24(17)12-15-6-8-26-23-15/h1-2,5-9,16-18,21H,3-4,10-12H2,(H,22,25)/t16-,17-,18+. The minimum absolute atomic E-state index is 0.0406. The Balaban J connectivity index is 1.25. The number of aromatic amines is 1. The molecule has 2 aliphatic rings. The fourth-order valence-electron chi connectivity index (χ4n) is 4.61. The van der Waals surface area contributed by atoms with Gasteiger partial charge in [-0.3, -0.25) is 9.69 Å². The van der Waals surface area contributed by atoms with Crippen molar-refractivity contribution in [3.8, 4) is 0 Å². The summed E-state index contributed by atoms with van der Waals surface area (Å²) < 4.78 is 4.46. The smallest absolute Gasteiger partial charge is 0.251 e. The van der Waals surface area contributed by atoms with Crippen molar-refractivity contribution >= 4 is 28.3 Å². The second-order valence-electron chi connectivity index (χ2n) is 7.47. The predicted molar refractivity (Wildman–Crippen MR) is 103 cm³/mol. The van der Waals surface area contributed by atoms with Crippen molar-refractivity contribution in [3.63, 3.8) is 0 Å². The average Bonchev–Trinajstić information content (AvgIpc) is 3.36. The number of nitrogens with zero attached hydrogens (tertiary/aromatic N) is 2. The Labute approximate surface area is 156 Å². The van der Waals surface area contributed by atoms with Gasteiger partial charge in [-0.15, -0.1) is 0 Å². The van der Waals surface area contributed by atoms with Crippen LogP contribution in [-0.4, -0.2) is 38.3 Å². The highest BCUT2D eigenvalue weighted by molar-refractivity contribution is 7.03. The Morgan fingerprint density at radius 3 is 2.85 bits per heavy atom. The molecule has 4 heterocycles. The van der Waals surface area contributed by atoms with Crippen LogP contribution in [0.25, 0.3) is 10.9 Å². The highest BCUT2D eigenvalue weighted by atomic mass is 32.1. The van der Waals surface area contributed by atoms with Crippen LogP contribution in [0.3, 0.4) is 0 Å². The topological polar surface area (TPSA) is 61.0 Å². The summed E-state index contributed by atoms with van der Waals surface area (Å²) >= 11 is 1.52. The lowest BCUT2D eigenvalue weighted by atomic mass is 9.96. The second kappa shape index (κ2) is 6.52. The summed E-state index contributed by atoms with van der Waals surface area (Å²) in [6, 6.07) is 11.4. The molecule has 2 N–H and O–H groups in total. The van der Waals surface area contributed by atoms with Gasteiger partial charge in [0.1, 0.15) is 0 Å². The van der Waals surface area contributed by atoms with Crippen LogP contribution in [0.2, 0.25) is 0 Å². The van der Waals surface area contributed by atoms with E-state index in [1.807, 2.05) is 35.8 Å². The lowest BCUT2D eigenvalue weighted by molar-refractivity contribution is 0.0825. The summed E-state index contributed by atoms with van der Waals surface area (Å²) in [4.78, 5) is 18.5. The van der Waals surface area contributed by atoms with E-state index in [0.29, 0.717) is 12.1 Å². The third kappa shape index (κ3) is 2.93. The number of nitrogens with one attached hydrogen (secondary N) is 2. The van der Waals surface area contributed by atoms with E-state index in [4.69, 9.17) is 0 Å². The fourth-order valence-corrected chi connectivity index (χ4v) is 5.15. The number of aromatic nitrogens is 2. The molecular formula is C20H22N4OS. The van der Waals surface area contributed by atoms with Crippen LogP contribution in [0.5, 0.6) is 0 Å². The molecule has 2 aromatic heterocycles. The number of benzene rings is 1. The molecule has 26 heavy (non-hydrogen) atoms. The maximum absolute atomic E-state index is 12.7. The van der Waals surface area contributed by atoms with E-state index in [-0.39, 0.29) is 11.9 Å². The molecular weight excluding hydrogens is 344 g/mol. The predicted octanol–water partition coefficient (Wildman–Crippen LogP) is 3.55. The van der Waals surface area contributed by atoms with Crippen LogP contribution in [-0.2, 0) is 6.54 Å². The zero-order valence-electron chi connectivity index (χ0n) is 14.5. The lowest BCUT2D eigenvalue weighted by Gasteiger charge is -2.38. The molecule has 134 valence electrons. The van der Waals surface area contributed by atoms with Crippen molar-refractivity contribution in [1.29, 1.82) is 0 Å². The molecule has 5 nitrogen and oxygen atoms in total. The Morgan fingerprint density at radius 2 is 2.08 bits per heavy atom. The van der Waals surface area contributed by atoms with Crippen molar-refractivity contribution in [2.45, 2.75) is 50.4 Å². The average molecular weight is 366 g/mol. The van der Waals surface area contributed by atoms with E-state index < -0.39 is 0 Å². The highest BCUT2D eigenvalue weighted by Gasteiger charge is 2.41. The minimum Gasteiger partial charge on any atom is -0.361 e. The molecule has 2 saturated heterocycles. The third-order valence-corrected chi connectivity index (χ3v) is 6.47. The molecule has 2 aliphatic heterocycles. The number of hydrogen-bond donors (Lipinski definition) is 2. The number of hydrogen-bond acceptors (Lipinski definition) is 4. The summed E-state index contributed by atoms with van der Waals surface area (Å²) in [6.07, 6.45) is 6.45. The molecule has 2 bridgehead atoms. The van der Waals surface area contributed by atoms with E-state index in [2.05, 4.69) is 25.6 Å². The number of piperidine rings is 1. The van der Waals surface area contributed by atoms with E-state index >= 15 is 0 Å². The van der Waals surface area contributed by atoms with Gasteiger partial charge in [0, 0.05) is 47.3 Å². The molecule has 0 radical (unpaired) electrons. The zero-order valence-corrected chi connectivity index (χ0v) is 15.3. The number of carbonyl (C=O) groups excluding carboxylic acids is 1. The number of amides is 1. The third-order valence-electron chi connectivity index (χ3n) is 5.87. The van der Waals surface area contributed by atoms with Crippen LogP contribution in [0.1, 0.15) is 41.7 Å². The van der Waals surface area contributed by atoms with Crippen LogP contribution < -0.4 is 5.32 Å². The number of fused-ring (bicyclic) bond motifs is 3. The molecule has 5 rings (SSSR count). The van der Waals surface area contributed by atoms with E-state index in [1.165, 1.54) is 30.1 Å². The zero-order chi connectivity index (χ0) is 17.5. The molecule has 0 saturated carbocycles. The molecule has 0 aliphatic carbocycles. The van der Waals surface area contributed by atoms with Crippen LogP contribution in [0.15, 0.2) is 41.9 Å². The molecule has 1 aromatic carbocycles. The first-order valence-corrected chi connectivity index (χ1v) is 10.1. The number of carbonyl (C=O) groups is 1. The van der Waals surface area contributed by atoms with Gasteiger partial charge in [-0.25, -0.2) is 0 Å². The van der Waals surface area contributed by atoms with Gasteiger partial charge in [-0.05, 0) is 66.9 Å². The van der Waals surface area contributed by atoms with Gasteiger partial charge in [0.2, 0.25) is 0 Å². The van der Waals surface area contributed by atoms with Crippen LogP contribution >= 0.6 is 11.5 Å². The molecule has 3 atom stereocenters. The molecule has 0 unspecified atom stereocenters. The largest absolute Gasteiger partial charge is 0.361 e. The lowest BCUT2D eigenvalue weighted by Crippen LogP contribution is -2.50. The normalized spacial score (nSPS) is 25.6. The van der Waals surface area contributed by atoms with Crippen molar-refractivity contribution in [2.75, 3.05) is 0 Å². The van der Waals surface area contributed by atoms with Crippen molar-refractivity contribution in [3.05, 3.63) is 53.2 Å². The Bertz CT molecular complexity index is 905. The van der Waals surface area contributed by atoms with Crippen molar-refractivity contribution < 1.29 is 4.79 Å². The van der Waals surface area contributed by atoms with Crippen molar-refractivity contribution in [2.24, 2.45) is 0 Å². The Kier molecular flexibility index (Phi) is 4.02. The van der Waals surface area contributed by atoms with Crippen LogP contribution in [0, 0.1) is 0 Å². The van der Waals surface area contributed by atoms with Gasteiger partial charge in [-0.1, -0.05) is 6.07 Å².